The van der Waals surface area contributed by atoms with Gasteiger partial charge in [-0.1, -0.05) is 12.1 Å². The summed E-state index contributed by atoms with van der Waals surface area (Å²) in [6.07, 6.45) is 2.71. The molecule has 0 spiro atoms. The van der Waals surface area contributed by atoms with E-state index in [1.165, 1.54) is 6.07 Å². The van der Waals surface area contributed by atoms with Gasteiger partial charge in [-0.05, 0) is 51.2 Å². The normalized spacial score (nSPS) is 14.1. The molecule has 0 aliphatic heterocycles. The lowest BCUT2D eigenvalue weighted by Gasteiger charge is -2.12. The smallest absolute Gasteiger partial charge is 0.303 e. The molecule has 0 saturated carbocycles. The maximum Gasteiger partial charge on any atom is 0.303 e. The first kappa shape index (κ1) is 18.1. The number of rotatable bonds is 6. The predicted molar refractivity (Wildman–Crippen MR) is 94.1 cm³/mol. The van der Waals surface area contributed by atoms with Crippen molar-refractivity contribution in [3.05, 3.63) is 46.5 Å². The first-order valence-corrected chi connectivity index (χ1v) is 8.77. The van der Waals surface area contributed by atoms with Gasteiger partial charge in [0.1, 0.15) is 11.5 Å². The SMILES string of the molecule is Cc1cccc(F)c1-n1nc(C(=O)NC(C)CCC(=O)O)c2c1CCC2. The third-order valence-corrected chi connectivity index (χ3v) is 4.71. The number of benzene rings is 1. The van der Waals surface area contributed by atoms with Crippen molar-refractivity contribution in [3.8, 4) is 5.69 Å². The van der Waals surface area contributed by atoms with E-state index < -0.39 is 5.97 Å². The molecule has 138 valence electrons. The van der Waals surface area contributed by atoms with Crippen molar-refractivity contribution in [1.82, 2.24) is 15.1 Å². The lowest BCUT2D eigenvalue weighted by molar-refractivity contribution is -0.137. The fourth-order valence-electron chi connectivity index (χ4n) is 3.40. The number of amides is 1. The summed E-state index contributed by atoms with van der Waals surface area (Å²) in [5, 5.41) is 16.0. The molecular formula is C19H22FN3O3. The second-order valence-electron chi connectivity index (χ2n) is 6.75. The molecule has 0 radical (unpaired) electrons. The Bertz CT molecular complexity index is 840. The van der Waals surface area contributed by atoms with Crippen molar-refractivity contribution in [2.24, 2.45) is 0 Å². The highest BCUT2D eigenvalue weighted by Gasteiger charge is 2.28. The summed E-state index contributed by atoms with van der Waals surface area (Å²) in [5.41, 5.74) is 3.17. The number of carboxylic acid groups (broad SMARTS) is 1. The van der Waals surface area contributed by atoms with Crippen LogP contribution in [-0.2, 0) is 17.6 Å². The van der Waals surface area contributed by atoms with Crippen LogP contribution < -0.4 is 5.32 Å². The highest BCUT2D eigenvalue weighted by molar-refractivity contribution is 5.94. The van der Waals surface area contributed by atoms with E-state index in [-0.39, 0.29) is 24.2 Å². The lowest BCUT2D eigenvalue weighted by Crippen LogP contribution is -2.33. The van der Waals surface area contributed by atoms with Gasteiger partial charge in [-0.25, -0.2) is 9.07 Å². The van der Waals surface area contributed by atoms with Gasteiger partial charge in [0.25, 0.3) is 5.91 Å². The van der Waals surface area contributed by atoms with Gasteiger partial charge in [0.2, 0.25) is 0 Å². The molecule has 1 aliphatic carbocycles. The van der Waals surface area contributed by atoms with Crippen molar-refractivity contribution < 1.29 is 19.1 Å². The number of hydrogen-bond donors (Lipinski definition) is 2. The summed E-state index contributed by atoms with van der Waals surface area (Å²) in [7, 11) is 0. The lowest BCUT2D eigenvalue weighted by atomic mass is 10.1. The van der Waals surface area contributed by atoms with Crippen molar-refractivity contribution in [1.29, 1.82) is 0 Å². The molecule has 2 N–H and O–H groups in total. The molecule has 1 unspecified atom stereocenters. The second kappa shape index (κ2) is 7.27. The summed E-state index contributed by atoms with van der Waals surface area (Å²) in [6, 6.07) is 4.57. The van der Waals surface area contributed by atoms with E-state index in [4.69, 9.17) is 5.11 Å². The van der Waals surface area contributed by atoms with E-state index in [0.29, 0.717) is 17.8 Å². The molecular weight excluding hydrogens is 337 g/mol. The molecule has 3 rings (SSSR count). The standard InChI is InChI=1S/C19H22FN3O3/c1-11-5-3-7-14(20)18(11)23-15-8-4-6-13(15)17(22-23)19(26)21-12(2)9-10-16(24)25/h3,5,7,12H,4,6,8-10H2,1-2H3,(H,21,26)(H,24,25). The Morgan fingerprint density at radius 1 is 1.38 bits per heavy atom. The molecule has 0 saturated heterocycles. The number of aliphatic carboxylic acids is 1. The molecule has 1 atom stereocenters. The van der Waals surface area contributed by atoms with E-state index in [0.717, 1.165) is 36.1 Å². The molecule has 0 bridgehead atoms. The quantitative estimate of drug-likeness (QED) is 0.831. The summed E-state index contributed by atoms with van der Waals surface area (Å²) in [5.74, 6) is -1.61. The monoisotopic (exact) mass is 359 g/mol. The minimum absolute atomic E-state index is 0.0115. The van der Waals surface area contributed by atoms with Crippen molar-refractivity contribution in [3.63, 3.8) is 0 Å². The average molecular weight is 359 g/mol. The molecule has 1 aliphatic rings. The van der Waals surface area contributed by atoms with Crippen molar-refractivity contribution >= 4 is 11.9 Å². The summed E-state index contributed by atoms with van der Waals surface area (Å²) in [4.78, 5) is 23.3. The Kier molecular flexibility index (Phi) is 5.06. The van der Waals surface area contributed by atoms with Gasteiger partial charge in [-0.15, -0.1) is 0 Å². The van der Waals surface area contributed by atoms with Crippen LogP contribution in [0.3, 0.4) is 0 Å². The fourth-order valence-corrected chi connectivity index (χ4v) is 3.40. The van der Waals surface area contributed by atoms with Crippen LogP contribution in [0.25, 0.3) is 5.69 Å². The van der Waals surface area contributed by atoms with Gasteiger partial charge in [0.05, 0.1) is 0 Å². The van der Waals surface area contributed by atoms with Crippen LogP contribution in [0.4, 0.5) is 4.39 Å². The molecule has 6 nitrogen and oxygen atoms in total. The minimum Gasteiger partial charge on any atom is -0.481 e. The minimum atomic E-state index is -0.897. The fraction of sp³-hybridized carbons (Fsp3) is 0.421. The number of aromatic nitrogens is 2. The number of carbonyl (C=O) groups excluding carboxylic acids is 1. The number of aryl methyl sites for hydroxylation is 1. The molecule has 1 aromatic carbocycles. The Hall–Kier alpha value is -2.70. The predicted octanol–water partition coefficient (Wildman–Crippen LogP) is 2.79. The number of carboxylic acids is 1. The largest absolute Gasteiger partial charge is 0.481 e. The van der Waals surface area contributed by atoms with Crippen LogP contribution in [0.1, 0.15) is 53.5 Å². The number of nitrogens with one attached hydrogen (secondary N) is 1. The Morgan fingerprint density at radius 2 is 2.15 bits per heavy atom. The molecule has 1 amide bonds. The van der Waals surface area contributed by atoms with Crippen LogP contribution in [0.15, 0.2) is 18.2 Å². The van der Waals surface area contributed by atoms with Crippen molar-refractivity contribution in [2.45, 2.75) is 52.0 Å². The van der Waals surface area contributed by atoms with E-state index in [9.17, 15) is 14.0 Å². The van der Waals surface area contributed by atoms with E-state index in [2.05, 4.69) is 10.4 Å². The Labute approximate surface area is 151 Å². The zero-order chi connectivity index (χ0) is 18.8. The van der Waals surface area contributed by atoms with E-state index in [1.807, 2.05) is 13.0 Å². The first-order chi connectivity index (χ1) is 12.4. The van der Waals surface area contributed by atoms with Gasteiger partial charge < -0.3 is 10.4 Å². The van der Waals surface area contributed by atoms with Crippen LogP contribution in [0.2, 0.25) is 0 Å². The van der Waals surface area contributed by atoms with Gasteiger partial charge in [-0.2, -0.15) is 5.10 Å². The average Bonchev–Trinajstić information content (AvgIpc) is 3.16. The Morgan fingerprint density at radius 3 is 2.85 bits per heavy atom. The molecule has 1 heterocycles. The zero-order valence-electron chi connectivity index (χ0n) is 14.9. The number of nitrogens with zero attached hydrogens (tertiary/aromatic N) is 2. The summed E-state index contributed by atoms with van der Waals surface area (Å²) in [6.45, 7) is 3.58. The highest BCUT2D eigenvalue weighted by atomic mass is 19.1. The van der Waals surface area contributed by atoms with E-state index in [1.54, 1.807) is 17.7 Å². The third-order valence-electron chi connectivity index (χ3n) is 4.71. The number of halogens is 1. The summed E-state index contributed by atoms with van der Waals surface area (Å²) < 4.78 is 15.9. The Balaban J connectivity index is 1.90. The van der Waals surface area contributed by atoms with Crippen LogP contribution in [0.5, 0.6) is 0 Å². The molecule has 2 aromatic rings. The van der Waals surface area contributed by atoms with Gasteiger partial charge in [0.15, 0.2) is 5.69 Å². The number of para-hydroxylation sites is 1. The highest BCUT2D eigenvalue weighted by Crippen LogP contribution is 2.30. The maximum atomic E-state index is 14.4. The molecule has 1 aromatic heterocycles. The molecule has 26 heavy (non-hydrogen) atoms. The molecule has 0 fully saturated rings. The molecule has 7 heteroatoms. The first-order valence-electron chi connectivity index (χ1n) is 8.77. The van der Waals surface area contributed by atoms with Crippen molar-refractivity contribution in [2.75, 3.05) is 0 Å². The summed E-state index contributed by atoms with van der Waals surface area (Å²) >= 11 is 0. The number of fused-ring (bicyclic) bond motifs is 1. The zero-order valence-corrected chi connectivity index (χ0v) is 14.9. The maximum absolute atomic E-state index is 14.4. The van der Waals surface area contributed by atoms with E-state index >= 15 is 0 Å². The number of hydrogen-bond acceptors (Lipinski definition) is 3. The van der Waals surface area contributed by atoms with Gasteiger partial charge in [0, 0.05) is 23.7 Å². The van der Waals surface area contributed by atoms with Gasteiger partial charge in [-0.3, -0.25) is 9.59 Å². The topological polar surface area (TPSA) is 84.2 Å². The second-order valence-corrected chi connectivity index (χ2v) is 6.75. The van der Waals surface area contributed by atoms with Gasteiger partial charge >= 0.3 is 5.97 Å². The third kappa shape index (κ3) is 3.47. The van der Waals surface area contributed by atoms with Crippen LogP contribution >= 0.6 is 0 Å². The van der Waals surface area contributed by atoms with Crippen LogP contribution in [0, 0.1) is 12.7 Å². The number of carbonyl (C=O) groups is 2. The van der Waals surface area contributed by atoms with Crippen LogP contribution in [-0.4, -0.2) is 32.8 Å².